The van der Waals surface area contributed by atoms with Crippen LogP contribution in [0.2, 0.25) is 0 Å². The largest absolute Gasteiger partial charge is 0.350 e. The van der Waals surface area contributed by atoms with Crippen molar-refractivity contribution in [2.24, 2.45) is 0 Å². The maximum Gasteiger partial charge on any atom is 0.265 e. The molecule has 2 aliphatic rings. The van der Waals surface area contributed by atoms with E-state index in [-0.39, 0.29) is 22.8 Å². The number of aryl methyl sites for hydroxylation is 2. The van der Waals surface area contributed by atoms with Crippen LogP contribution in [0.3, 0.4) is 0 Å². The molecule has 0 bridgehead atoms. The van der Waals surface area contributed by atoms with E-state index >= 15 is 0 Å². The third kappa shape index (κ3) is 5.54. The first-order chi connectivity index (χ1) is 15.9. The van der Waals surface area contributed by atoms with Crippen LogP contribution < -0.4 is 10.6 Å². The molecule has 1 atom stereocenters. The van der Waals surface area contributed by atoms with E-state index < -0.39 is 10.0 Å². The van der Waals surface area contributed by atoms with Crippen LogP contribution in [0.25, 0.3) is 0 Å². The van der Waals surface area contributed by atoms with Crippen LogP contribution in [0.4, 0.5) is 5.69 Å². The van der Waals surface area contributed by atoms with Gasteiger partial charge in [0.2, 0.25) is 15.9 Å². The van der Waals surface area contributed by atoms with Crippen LogP contribution in [-0.4, -0.2) is 43.7 Å². The van der Waals surface area contributed by atoms with E-state index in [1.165, 1.54) is 45.8 Å². The van der Waals surface area contributed by atoms with Gasteiger partial charge in [0.25, 0.3) is 5.91 Å². The minimum Gasteiger partial charge on any atom is -0.350 e. The first-order valence-corrected chi connectivity index (χ1v) is 13.6. The fourth-order valence-corrected chi connectivity index (χ4v) is 7.01. The van der Waals surface area contributed by atoms with Crippen molar-refractivity contribution < 1.29 is 18.0 Å². The standard InChI is InChI=1S/C24H29N3O4S2/c1-2-23(28)25-18-7-5-14-27(15-13-18)33(30,31)20-11-9-19(10-12-20)26-24(29)22-16-17-6-3-4-8-21(17)32-22/h2,9-12,16,18H,1,3-8,13-15H2,(H,25,28)(H,26,29). The van der Waals surface area contributed by atoms with Crippen LogP contribution in [0.15, 0.2) is 47.9 Å². The zero-order valence-electron chi connectivity index (χ0n) is 18.5. The molecule has 2 amide bonds. The van der Waals surface area contributed by atoms with Crippen LogP contribution in [0.5, 0.6) is 0 Å². The fourth-order valence-electron chi connectivity index (χ4n) is 4.37. The van der Waals surface area contributed by atoms with Gasteiger partial charge >= 0.3 is 0 Å². The number of sulfonamides is 1. The summed E-state index contributed by atoms with van der Waals surface area (Å²) in [6.45, 7) is 4.20. The summed E-state index contributed by atoms with van der Waals surface area (Å²) in [4.78, 5) is 26.4. The summed E-state index contributed by atoms with van der Waals surface area (Å²) in [5.74, 6) is -0.401. The van der Waals surface area contributed by atoms with Gasteiger partial charge in [0, 0.05) is 29.7 Å². The van der Waals surface area contributed by atoms with Crippen molar-refractivity contribution in [1.82, 2.24) is 9.62 Å². The molecule has 7 nitrogen and oxygen atoms in total. The zero-order valence-corrected chi connectivity index (χ0v) is 20.1. The van der Waals surface area contributed by atoms with Crippen molar-refractivity contribution in [2.75, 3.05) is 18.4 Å². The summed E-state index contributed by atoms with van der Waals surface area (Å²) in [6, 6.07) is 8.25. The number of carbonyl (C=O) groups excluding carboxylic acids is 2. The van der Waals surface area contributed by atoms with Gasteiger partial charge < -0.3 is 10.6 Å². The Bertz CT molecular complexity index is 1120. The average molecular weight is 488 g/mol. The number of hydrogen-bond donors (Lipinski definition) is 2. The second-order valence-corrected chi connectivity index (χ2v) is 11.6. The topological polar surface area (TPSA) is 95.6 Å². The molecule has 0 radical (unpaired) electrons. The molecule has 1 aliphatic heterocycles. The smallest absolute Gasteiger partial charge is 0.265 e. The van der Waals surface area contributed by atoms with Crippen molar-refractivity contribution >= 4 is 38.9 Å². The van der Waals surface area contributed by atoms with Gasteiger partial charge in [-0.2, -0.15) is 4.31 Å². The molecule has 1 saturated heterocycles. The van der Waals surface area contributed by atoms with E-state index in [0.717, 1.165) is 19.3 Å². The molecule has 0 saturated carbocycles. The SMILES string of the molecule is C=CC(=O)NC1CCCN(S(=O)(=O)c2ccc(NC(=O)c3cc4c(s3)CCCC4)cc2)CC1. The van der Waals surface area contributed by atoms with Gasteiger partial charge in [-0.25, -0.2) is 8.42 Å². The number of benzene rings is 1. The Morgan fingerprint density at radius 3 is 2.55 bits per heavy atom. The number of hydrogen-bond acceptors (Lipinski definition) is 5. The molecule has 1 fully saturated rings. The number of anilines is 1. The van der Waals surface area contributed by atoms with E-state index in [9.17, 15) is 18.0 Å². The normalized spacial score (nSPS) is 19.2. The molecule has 176 valence electrons. The molecule has 2 heterocycles. The summed E-state index contributed by atoms with van der Waals surface area (Å²) >= 11 is 1.55. The molecule has 1 aromatic heterocycles. The number of nitrogens with zero attached hydrogens (tertiary/aromatic N) is 1. The third-order valence-corrected chi connectivity index (χ3v) is 9.34. The Balaban J connectivity index is 1.39. The highest BCUT2D eigenvalue weighted by Crippen LogP contribution is 2.30. The highest BCUT2D eigenvalue weighted by molar-refractivity contribution is 7.89. The molecule has 4 rings (SSSR count). The first kappa shape index (κ1) is 23.7. The predicted molar refractivity (Wildman–Crippen MR) is 130 cm³/mol. The van der Waals surface area contributed by atoms with E-state index in [2.05, 4.69) is 17.2 Å². The third-order valence-electron chi connectivity index (χ3n) is 6.19. The molecule has 33 heavy (non-hydrogen) atoms. The second-order valence-electron chi connectivity index (χ2n) is 8.49. The lowest BCUT2D eigenvalue weighted by Crippen LogP contribution is -2.36. The van der Waals surface area contributed by atoms with Crippen LogP contribution in [-0.2, 0) is 27.7 Å². The number of carbonyl (C=O) groups is 2. The highest BCUT2D eigenvalue weighted by atomic mass is 32.2. The van der Waals surface area contributed by atoms with Gasteiger partial charge in [0.15, 0.2) is 0 Å². The molecule has 0 spiro atoms. The van der Waals surface area contributed by atoms with Gasteiger partial charge in [-0.1, -0.05) is 6.58 Å². The monoisotopic (exact) mass is 487 g/mol. The van der Waals surface area contributed by atoms with Gasteiger partial charge in [0.1, 0.15) is 0 Å². The lowest BCUT2D eigenvalue weighted by atomic mass is 9.99. The molecule has 1 aromatic carbocycles. The fraction of sp³-hybridized carbons (Fsp3) is 0.417. The minimum absolute atomic E-state index is 0.0591. The molecular weight excluding hydrogens is 458 g/mol. The summed E-state index contributed by atoms with van der Waals surface area (Å²) in [5, 5.41) is 5.74. The van der Waals surface area contributed by atoms with E-state index in [1.807, 2.05) is 6.07 Å². The van der Waals surface area contributed by atoms with Gasteiger partial charge in [-0.3, -0.25) is 9.59 Å². The lowest BCUT2D eigenvalue weighted by molar-refractivity contribution is -0.117. The Morgan fingerprint density at radius 1 is 1.06 bits per heavy atom. The number of thiophene rings is 1. The molecule has 1 aliphatic carbocycles. The molecule has 2 N–H and O–H groups in total. The molecule has 2 aromatic rings. The molecule has 9 heteroatoms. The van der Waals surface area contributed by atoms with Crippen molar-refractivity contribution in [3.05, 3.63) is 58.3 Å². The van der Waals surface area contributed by atoms with Gasteiger partial charge in [-0.05, 0) is 86.9 Å². The lowest BCUT2D eigenvalue weighted by Gasteiger charge is -2.20. The summed E-state index contributed by atoms with van der Waals surface area (Å²) in [6.07, 6.45) is 7.59. The number of rotatable bonds is 6. The predicted octanol–water partition coefficient (Wildman–Crippen LogP) is 3.72. The quantitative estimate of drug-likeness (QED) is 0.607. The van der Waals surface area contributed by atoms with Crippen molar-refractivity contribution in [2.45, 2.75) is 55.9 Å². The number of nitrogens with one attached hydrogen (secondary N) is 2. The van der Waals surface area contributed by atoms with Crippen LogP contribution in [0, 0.1) is 0 Å². The Hall–Kier alpha value is -2.49. The minimum atomic E-state index is -3.65. The van der Waals surface area contributed by atoms with Crippen molar-refractivity contribution in [3.8, 4) is 0 Å². The summed E-state index contributed by atoms with van der Waals surface area (Å²) in [5.41, 5.74) is 1.84. The maximum atomic E-state index is 13.1. The van der Waals surface area contributed by atoms with Gasteiger partial charge in [-0.15, -0.1) is 11.3 Å². The Morgan fingerprint density at radius 2 is 1.82 bits per heavy atom. The Labute approximate surface area is 198 Å². The van der Waals surface area contributed by atoms with Crippen LogP contribution in [0.1, 0.15) is 52.2 Å². The molecule has 1 unspecified atom stereocenters. The van der Waals surface area contributed by atoms with E-state index in [1.54, 1.807) is 23.5 Å². The maximum absolute atomic E-state index is 13.1. The molecular formula is C24H29N3O4S2. The first-order valence-electron chi connectivity index (χ1n) is 11.3. The van der Waals surface area contributed by atoms with Gasteiger partial charge in [0.05, 0.1) is 9.77 Å². The Kier molecular flexibility index (Phi) is 7.31. The average Bonchev–Trinajstić information content (AvgIpc) is 3.11. The van der Waals surface area contributed by atoms with Crippen molar-refractivity contribution in [3.63, 3.8) is 0 Å². The number of amides is 2. The van der Waals surface area contributed by atoms with Crippen molar-refractivity contribution in [1.29, 1.82) is 0 Å². The second kappa shape index (κ2) is 10.2. The van der Waals surface area contributed by atoms with Crippen LogP contribution >= 0.6 is 11.3 Å². The zero-order chi connectivity index (χ0) is 23.4. The summed E-state index contributed by atoms with van der Waals surface area (Å²) < 4.78 is 27.7. The van der Waals surface area contributed by atoms with E-state index in [4.69, 9.17) is 0 Å². The highest BCUT2D eigenvalue weighted by Gasteiger charge is 2.28. The summed E-state index contributed by atoms with van der Waals surface area (Å²) in [7, 11) is -3.65. The van der Waals surface area contributed by atoms with E-state index in [0.29, 0.717) is 36.5 Å². The number of fused-ring (bicyclic) bond motifs is 1.